The largest absolute Gasteiger partial charge is 0.427 e. The van der Waals surface area contributed by atoms with Crippen LogP contribution in [0.3, 0.4) is 0 Å². The third-order valence-corrected chi connectivity index (χ3v) is 10.3. The van der Waals surface area contributed by atoms with Gasteiger partial charge in [-0.1, -0.05) is 83.4 Å². The van der Waals surface area contributed by atoms with E-state index in [4.69, 9.17) is 4.74 Å². The van der Waals surface area contributed by atoms with Crippen LogP contribution in [0.25, 0.3) is 0 Å². The molecule has 2 unspecified atom stereocenters. The molecule has 216 valence electrons. The zero-order chi connectivity index (χ0) is 27.5. The molecule has 4 atom stereocenters. The Labute approximate surface area is 238 Å². The van der Waals surface area contributed by atoms with Gasteiger partial charge in [0.1, 0.15) is 11.5 Å². The number of fused-ring (bicyclic) bond motifs is 5. The maximum atomic E-state index is 12.6. The summed E-state index contributed by atoms with van der Waals surface area (Å²) in [5.41, 5.74) is 2.73. The van der Waals surface area contributed by atoms with Gasteiger partial charge in [-0.2, -0.15) is 0 Å². The SMILES string of the molecule is CCCCCCCC/C=C\CCCCCCCC(=O)Oc1ccc2c(c1)CC[C@@H]1C2CC[C@]2(C)C(=O)CCC12. The first-order valence-electron chi connectivity index (χ1n) is 16.5. The van der Waals surface area contributed by atoms with E-state index in [1.807, 2.05) is 6.07 Å². The first-order valence-corrected chi connectivity index (χ1v) is 16.5. The number of Topliss-reactive ketones (excluding diaryl/α,β-unsaturated/α-hetero) is 1. The van der Waals surface area contributed by atoms with Gasteiger partial charge in [0, 0.05) is 18.3 Å². The van der Waals surface area contributed by atoms with Crippen LogP contribution in [0.5, 0.6) is 5.75 Å². The van der Waals surface area contributed by atoms with Gasteiger partial charge in [-0.3, -0.25) is 9.59 Å². The predicted molar refractivity (Wildman–Crippen MR) is 161 cm³/mol. The summed E-state index contributed by atoms with van der Waals surface area (Å²) in [4.78, 5) is 25.0. The molecular formula is C36H54O3. The standard InChI is InChI=1S/C36H54O3/c1-3-4-5-6-7-8-9-10-11-12-13-14-15-16-17-18-35(38)39-29-20-22-30-28(27-29)19-21-32-31(30)25-26-36(2)33(32)23-24-34(36)37/h10-11,20,22,27,31-33H,3-9,12-19,21,23-26H2,1-2H3/b11-10-/t31?,32-,33?,36+/m1/s1. The third kappa shape index (κ3) is 8.08. The quantitative estimate of drug-likeness (QED) is 0.0917. The second-order valence-electron chi connectivity index (χ2n) is 13.0. The first-order chi connectivity index (χ1) is 19.0. The fourth-order valence-electron chi connectivity index (χ4n) is 7.92. The number of ketones is 1. The molecule has 2 fully saturated rings. The number of unbranched alkanes of at least 4 members (excludes halogenated alkanes) is 11. The van der Waals surface area contributed by atoms with Crippen molar-refractivity contribution >= 4 is 11.8 Å². The van der Waals surface area contributed by atoms with E-state index in [0.717, 1.165) is 51.4 Å². The zero-order valence-electron chi connectivity index (χ0n) is 25.0. The normalized spacial score (nSPS) is 25.9. The Hall–Kier alpha value is -1.90. The minimum absolute atomic E-state index is 0.0713. The molecule has 0 amide bonds. The summed E-state index contributed by atoms with van der Waals surface area (Å²) in [5, 5.41) is 0. The van der Waals surface area contributed by atoms with Crippen molar-refractivity contribution in [2.24, 2.45) is 17.3 Å². The summed E-state index contributed by atoms with van der Waals surface area (Å²) in [6.07, 6.45) is 27.8. The number of carbonyl (C=O) groups excluding carboxylic acids is 2. The second-order valence-corrected chi connectivity index (χ2v) is 13.0. The van der Waals surface area contributed by atoms with E-state index < -0.39 is 0 Å². The number of esters is 1. The van der Waals surface area contributed by atoms with Gasteiger partial charge >= 0.3 is 5.97 Å². The number of ether oxygens (including phenoxy) is 1. The Morgan fingerprint density at radius 2 is 1.59 bits per heavy atom. The van der Waals surface area contributed by atoms with Gasteiger partial charge in [-0.25, -0.2) is 0 Å². The molecule has 0 saturated heterocycles. The molecule has 3 aliphatic rings. The van der Waals surface area contributed by atoms with Crippen molar-refractivity contribution in [2.45, 2.75) is 148 Å². The lowest BCUT2D eigenvalue weighted by Gasteiger charge is -2.48. The molecule has 0 spiro atoms. The van der Waals surface area contributed by atoms with E-state index in [0.29, 0.717) is 35.7 Å². The van der Waals surface area contributed by atoms with Gasteiger partial charge in [-0.05, 0) is 105 Å². The number of rotatable bonds is 16. The second kappa shape index (κ2) is 15.2. The van der Waals surface area contributed by atoms with Gasteiger partial charge in [-0.15, -0.1) is 0 Å². The molecule has 39 heavy (non-hydrogen) atoms. The maximum Gasteiger partial charge on any atom is 0.311 e. The summed E-state index contributed by atoms with van der Waals surface area (Å²) in [5.74, 6) is 2.88. The smallest absolute Gasteiger partial charge is 0.311 e. The van der Waals surface area contributed by atoms with Gasteiger partial charge in [0.15, 0.2) is 0 Å². The van der Waals surface area contributed by atoms with Crippen LogP contribution in [-0.4, -0.2) is 11.8 Å². The number of benzene rings is 1. The van der Waals surface area contributed by atoms with Crippen molar-refractivity contribution < 1.29 is 14.3 Å². The molecule has 1 aromatic carbocycles. The van der Waals surface area contributed by atoms with E-state index in [2.05, 4.69) is 38.1 Å². The van der Waals surface area contributed by atoms with Crippen molar-refractivity contribution in [1.29, 1.82) is 0 Å². The highest BCUT2D eigenvalue weighted by Gasteiger charge is 2.54. The Morgan fingerprint density at radius 1 is 0.897 bits per heavy atom. The number of hydrogen-bond donors (Lipinski definition) is 0. The summed E-state index contributed by atoms with van der Waals surface area (Å²) < 4.78 is 5.74. The summed E-state index contributed by atoms with van der Waals surface area (Å²) >= 11 is 0. The van der Waals surface area contributed by atoms with E-state index in [1.54, 1.807) is 0 Å². The molecule has 0 bridgehead atoms. The van der Waals surface area contributed by atoms with Crippen molar-refractivity contribution in [3.8, 4) is 5.75 Å². The number of allylic oxidation sites excluding steroid dienone is 2. The van der Waals surface area contributed by atoms with Crippen molar-refractivity contribution in [3.05, 3.63) is 41.5 Å². The van der Waals surface area contributed by atoms with E-state index in [9.17, 15) is 9.59 Å². The summed E-state index contributed by atoms with van der Waals surface area (Å²) in [7, 11) is 0. The van der Waals surface area contributed by atoms with Crippen LogP contribution in [-0.2, 0) is 16.0 Å². The Morgan fingerprint density at radius 3 is 2.33 bits per heavy atom. The third-order valence-electron chi connectivity index (χ3n) is 10.3. The van der Waals surface area contributed by atoms with Crippen molar-refractivity contribution in [3.63, 3.8) is 0 Å². The fraction of sp³-hybridized carbons (Fsp3) is 0.722. The van der Waals surface area contributed by atoms with Gasteiger partial charge in [0.2, 0.25) is 0 Å². The van der Waals surface area contributed by atoms with Crippen LogP contribution < -0.4 is 4.74 Å². The van der Waals surface area contributed by atoms with Gasteiger partial charge in [0.25, 0.3) is 0 Å². The summed E-state index contributed by atoms with van der Waals surface area (Å²) in [6, 6.07) is 6.35. The minimum atomic E-state index is -0.0980. The van der Waals surface area contributed by atoms with E-state index in [1.165, 1.54) is 81.8 Å². The van der Waals surface area contributed by atoms with E-state index in [-0.39, 0.29) is 11.4 Å². The molecule has 0 aliphatic heterocycles. The minimum Gasteiger partial charge on any atom is -0.427 e. The van der Waals surface area contributed by atoms with Crippen molar-refractivity contribution in [1.82, 2.24) is 0 Å². The molecule has 3 aliphatic carbocycles. The molecule has 0 aromatic heterocycles. The maximum absolute atomic E-state index is 12.6. The van der Waals surface area contributed by atoms with Gasteiger partial charge < -0.3 is 4.74 Å². The molecule has 2 saturated carbocycles. The molecule has 0 radical (unpaired) electrons. The van der Waals surface area contributed by atoms with Crippen LogP contribution in [0.15, 0.2) is 30.4 Å². The highest BCUT2D eigenvalue weighted by Crippen LogP contribution is 2.59. The van der Waals surface area contributed by atoms with Crippen LogP contribution in [0.4, 0.5) is 0 Å². The molecule has 3 nitrogen and oxygen atoms in total. The number of hydrogen-bond acceptors (Lipinski definition) is 3. The molecule has 0 N–H and O–H groups in total. The van der Waals surface area contributed by atoms with Crippen molar-refractivity contribution in [2.75, 3.05) is 0 Å². The molecule has 4 rings (SSSR count). The monoisotopic (exact) mass is 534 g/mol. The lowest BCUT2D eigenvalue weighted by atomic mass is 9.55. The van der Waals surface area contributed by atoms with Crippen LogP contribution in [0.2, 0.25) is 0 Å². The molecular weight excluding hydrogens is 480 g/mol. The average Bonchev–Trinajstić information content (AvgIpc) is 3.24. The summed E-state index contributed by atoms with van der Waals surface area (Å²) in [6.45, 7) is 4.50. The Balaban J connectivity index is 1.08. The average molecular weight is 535 g/mol. The lowest BCUT2D eigenvalue weighted by Crippen LogP contribution is -2.42. The highest BCUT2D eigenvalue weighted by atomic mass is 16.5. The topological polar surface area (TPSA) is 43.4 Å². The number of carbonyl (C=O) groups is 2. The van der Waals surface area contributed by atoms with E-state index >= 15 is 0 Å². The van der Waals surface area contributed by atoms with Crippen LogP contribution >= 0.6 is 0 Å². The van der Waals surface area contributed by atoms with Gasteiger partial charge in [0.05, 0.1) is 0 Å². The predicted octanol–water partition coefficient (Wildman–Crippen LogP) is 10.1. The Bertz CT molecular complexity index is 962. The van der Waals surface area contributed by atoms with Crippen LogP contribution in [0.1, 0.15) is 153 Å². The molecule has 1 aromatic rings. The fourth-order valence-corrected chi connectivity index (χ4v) is 7.92. The lowest BCUT2D eigenvalue weighted by molar-refractivity contribution is -0.134. The molecule has 3 heteroatoms. The first kappa shape index (κ1) is 30.1. The molecule has 0 heterocycles. The highest BCUT2D eigenvalue weighted by molar-refractivity contribution is 5.87. The van der Waals surface area contributed by atoms with Crippen LogP contribution in [0, 0.1) is 17.3 Å². The number of aryl methyl sites for hydroxylation is 1. The zero-order valence-corrected chi connectivity index (χ0v) is 25.0. The Kier molecular flexibility index (Phi) is 11.7.